The molecule has 1 aliphatic heterocycles. The van der Waals surface area contributed by atoms with Gasteiger partial charge in [0.2, 0.25) is 0 Å². The normalized spacial score (nSPS) is 15.3. The summed E-state index contributed by atoms with van der Waals surface area (Å²) in [6, 6.07) is 25.4. The Morgan fingerprint density at radius 2 is 1.71 bits per heavy atom. The first kappa shape index (κ1) is 22.0. The number of amides is 1. The first-order chi connectivity index (χ1) is 16.6. The smallest absolute Gasteiger partial charge is 0.340 e. The number of carbonyl (C=O) groups excluding carboxylic acids is 2. The molecule has 1 amide bonds. The van der Waals surface area contributed by atoms with Crippen LogP contribution in [0.2, 0.25) is 0 Å². The van der Waals surface area contributed by atoms with Crippen LogP contribution in [0.4, 0.5) is 0 Å². The second kappa shape index (κ2) is 9.57. The van der Waals surface area contributed by atoms with Gasteiger partial charge in [0, 0.05) is 23.3 Å². The molecule has 1 aromatic heterocycles. The van der Waals surface area contributed by atoms with E-state index in [0.29, 0.717) is 10.9 Å². The van der Waals surface area contributed by atoms with Crippen molar-refractivity contribution in [3.63, 3.8) is 0 Å². The largest absolute Gasteiger partial charge is 0.452 e. The molecule has 1 unspecified atom stereocenters. The summed E-state index contributed by atoms with van der Waals surface area (Å²) in [5.74, 6) is -1.00. The van der Waals surface area contributed by atoms with Crippen LogP contribution in [-0.4, -0.2) is 34.2 Å². The summed E-state index contributed by atoms with van der Waals surface area (Å²) >= 11 is 3.28. The van der Waals surface area contributed by atoms with E-state index in [1.165, 1.54) is 11.2 Å². The number of hydrazone groups is 1. The van der Waals surface area contributed by atoms with Gasteiger partial charge in [-0.25, -0.2) is 9.80 Å². The molecule has 0 N–H and O–H groups in total. The number of fused-ring (bicyclic) bond motifs is 1. The number of aromatic nitrogens is 1. The van der Waals surface area contributed by atoms with Crippen LogP contribution in [0, 0.1) is 0 Å². The summed E-state index contributed by atoms with van der Waals surface area (Å²) in [6.07, 6.45) is 3.54. The molecule has 0 spiro atoms. The molecule has 1 aliphatic rings. The van der Waals surface area contributed by atoms with Crippen LogP contribution in [0.25, 0.3) is 10.8 Å². The topological polar surface area (TPSA) is 71.9 Å². The highest BCUT2D eigenvalue weighted by molar-refractivity contribution is 9.10. The Balaban J connectivity index is 1.40. The van der Waals surface area contributed by atoms with E-state index in [-0.39, 0.29) is 17.5 Å². The summed E-state index contributed by atoms with van der Waals surface area (Å²) in [7, 11) is 0. The van der Waals surface area contributed by atoms with Gasteiger partial charge in [0.25, 0.3) is 5.91 Å². The monoisotopic (exact) mass is 513 g/mol. The Labute approximate surface area is 205 Å². The predicted octanol–water partition coefficient (Wildman–Crippen LogP) is 5.53. The molecule has 168 valence electrons. The van der Waals surface area contributed by atoms with E-state index in [1.54, 1.807) is 12.3 Å². The lowest BCUT2D eigenvalue weighted by molar-refractivity contribution is -0.136. The van der Waals surface area contributed by atoms with Crippen molar-refractivity contribution in [2.24, 2.45) is 5.10 Å². The van der Waals surface area contributed by atoms with Gasteiger partial charge in [-0.1, -0.05) is 66.7 Å². The Bertz CT molecular complexity index is 1400. The lowest BCUT2D eigenvalue weighted by atomic mass is 9.97. The molecule has 0 fully saturated rings. The molecule has 0 saturated carbocycles. The number of carbonyl (C=O) groups is 2. The molecule has 2 heterocycles. The van der Waals surface area contributed by atoms with E-state index in [2.05, 4.69) is 50.3 Å². The second-order valence-corrected chi connectivity index (χ2v) is 8.86. The fourth-order valence-corrected chi connectivity index (χ4v) is 4.38. The molecule has 1 atom stereocenters. The van der Waals surface area contributed by atoms with E-state index < -0.39 is 12.6 Å². The molecule has 5 rings (SSSR count). The van der Waals surface area contributed by atoms with Crippen LogP contribution in [0.1, 0.15) is 33.9 Å². The molecule has 34 heavy (non-hydrogen) atoms. The fourth-order valence-electron chi connectivity index (χ4n) is 4.02. The summed E-state index contributed by atoms with van der Waals surface area (Å²) in [5, 5.41) is 8.37. The van der Waals surface area contributed by atoms with Gasteiger partial charge in [0.05, 0.1) is 17.3 Å². The molecular formula is C27H20BrN3O3. The minimum atomic E-state index is -0.614. The molecule has 0 radical (unpaired) electrons. The number of pyridine rings is 1. The zero-order valence-corrected chi connectivity index (χ0v) is 19.7. The summed E-state index contributed by atoms with van der Waals surface area (Å²) in [5.41, 5.74) is 3.02. The quantitative estimate of drug-likeness (QED) is 0.329. The number of halogens is 1. The lowest BCUT2D eigenvalue weighted by Gasteiger charge is -2.21. The molecule has 0 bridgehead atoms. The van der Waals surface area contributed by atoms with Crippen molar-refractivity contribution in [2.45, 2.75) is 12.5 Å². The fraction of sp³-hybridized carbons (Fsp3) is 0.111. The van der Waals surface area contributed by atoms with Crippen molar-refractivity contribution in [1.29, 1.82) is 0 Å². The van der Waals surface area contributed by atoms with E-state index >= 15 is 0 Å². The van der Waals surface area contributed by atoms with Gasteiger partial charge in [0.15, 0.2) is 6.61 Å². The van der Waals surface area contributed by atoms with Crippen molar-refractivity contribution in [1.82, 2.24) is 9.99 Å². The van der Waals surface area contributed by atoms with Crippen LogP contribution in [0.5, 0.6) is 0 Å². The number of nitrogens with zero attached hydrogens (tertiary/aromatic N) is 3. The molecule has 6 nitrogen and oxygen atoms in total. The standard InChI is InChI=1S/C27H20BrN3O3/c28-23-13-22(15-29-16-23)27(33)34-17-26(32)31-25(19-7-2-1-3-8-19)14-24(30-31)21-11-10-18-6-4-5-9-20(18)12-21/h1-13,15-16,25H,14,17H2. The Hall–Kier alpha value is -3.84. The third-order valence-corrected chi connectivity index (χ3v) is 6.13. The van der Waals surface area contributed by atoms with Gasteiger partial charge in [-0.2, -0.15) is 5.10 Å². The second-order valence-electron chi connectivity index (χ2n) is 7.95. The highest BCUT2D eigenvalue weighted by atomic mass is 79.9. The van der Waals surface area contributed by atoms with Gasteiger partial charge in [-0.05, 0) is 50.0 Å². The van der Waals surface area contributed by atoms with Crippen molar-refractivity contribution >= 4 is 44.3 Å². The number of benzene rings is 3. The molecule has 3 aromatic carbocycles. The number of esters is 1. The first-order valence-corrected chi connectivity index (χ1v) is 11.6. The molecular weight excluding hydrogens is 494 g/mol. The van der Waals surface area contributed by atoms with E-state index in [1.807, 2.05) is 48.5 Å². The van der Waals surface area contributed by atoms with Crippen LogP contribution in [0.15, 0.2) is 101 Å². The minimum absolute atomic E-state index is 0.267. The van der Waals surface area contributed by atoms with Crippen LogP contribution in [0.3, 0.4) is 0 Å². The van der Waals surface area contributed by atoms with Gasteiger partial charge in [-0.3, -0.25) is 9.78 Å². The third-order valence-electron chi connectivity index (χ3n) is 5.70. The van der Waals surface area contributed by atoms with E-state index in [4.69, 9.17) is 4.74 Å². The highest BCUT2D eigenvalue weighted by Gasteiger charge is 2.33. The maximum Gasteiger partial charge on any atom is 0.340 e. The summed E-state index contributed by atoms with van der Waals surface area (Å²) < 4.78 is 5.93. The number of rotatable bonds is 5. The van der Waals surface area contributed by atoms with Gasteiger partial charge < -0.3 is 4.74 Å². The zero-order chi connectivity index (χ0) is 23.5. The van der Waals surface area contributed by atoms with Crippen molar-refractivity contribution in [3.8, 4) is 0 Å². The van der Waals surface area contributed by atoms with Crippen LogP contribution >= 0.6 is 15.9 Å². The maximum atomic E-state index is 13.1. The van der Waals surface area contributed by atoms with Gasteiger partial charge in [-0.15, -0.1) is 0 Å². The maximum absolute atomic E-state index is 13.1. The van der Waals surface area contributed by atoms with Crippen molar-refractivity contribution in [3.05, 3.63) is 112 Å². The minimum Gasteiger partial charge on any atom is -0.452 e. The molecule has 4 aromatic rings. The molecule has 7 heteroatoms. The molecule has 0 saturated heterocycles. The summed E-state index contributed by atoms with van der Waals surface area (Å²) in [6.45, 7) is -0.414. The van der Waals surface area contributed by atoms with Crippen molar-refractivity contribution < 1.29 is 14.3 Å². The Morgan fingerprint density at radius 3 is 2.50 bits per heavy atom. The van der Waals surface area contributed by atoms with Gasteiger partial charge >= 0.3 is 5.97 Å². The predicted molar refractivity (Wildman–Crippen MR) is 133 cm³/mol. The van der Waals surface area contributed by atoms with Gasteiger partial charge in [0.1, 0.15) is 0 Å². The summed E-state index contributed by atoms with van der Waals surface area (Å²) in [4.78, 5) is 29.5. The van der Waals surface area contributed by atoms with Crippen LogP contribution in [-0.2, 0) is 9.53 Å². The number of hydrogen-bond donors (Lipinski definition) is 0. The highest BCUT2D eigenvalue weighted by Crippen LogP contribution is 2.33. The van der Waals surface area contributed by atoms with Crippen molar-refractivity contribution in [2.75, 3.05) is 6.61 Å². The third kappa shape index (κ3) is 4.61. The average molecular weight is 514 g/mol. The zero-order valence-electron chi connectivity index (χ0n) is 18.1. The van der Waals surface area contributed by atoms with Crippen LogP contribution < -0.4 is 0 Å². The SMILES string of the molecule is O=C(OCC(=O)N1N=C(c2ccc3ccccc3c2)CC1c1ccccc1)c1cncc(Br)c1. The first-order valence-electron chi connectivity index (χ1n) is 10.8. The number of hydrogen-bond acceptors (Lipinski definition) is 5. The average Bonchev–Trinajstić information content (AvgIpc) is 3.33. The number of ether oxygens (including phenoxy) is 1. The van der Waals surface area contributed by atoms with E-state index in [9.17, 15) is 9.59 Å². The lowest BCUT2D eigenvalue weighted by Crippen LogP contribution is -2.31. The Kier molecular flexibility index (Phi) is 6.18. The van der Waals surface area contributed by atoms with E-state index in [0.717, 1.165) is 27.6 Å². The Morgan fingerprint density at radius 1 is 0.941 bits per heavy atom. The molecule has 0 aliphatic carbocycles.